The van der Waals surface area contributed by atoms with Crippen molar-refractivity contribution in [1.82, 2.24) is 0 Å². The Balaban J connectivity index is 0.000000808. The monoisotopic (exact) mass is 600 g/mol. The SMILES string of the molecule is CC1[C-]=CC(C(C)(C)C)=C1.Cc1cc2[cH-]c3cc(C)c(C(C)(C)C)cc3c2cc1C(C)(C)C.[Cl-].[Cl-].[Zr+4]. The Hall–Kier alpha value is -0.747. The van der Waals surface area contributed by atoms with Crippen molar-refractivity contribution in [3.8, 4) is 0 Å². The van der Waals surface area contributed by atoms with Crippen LogP contribution < -0.4 is 24.8 Å². The second-order valence-electron chi connectivity index (χ2n) is 13.1. The average Bonchev–Trinajstić information content (AvgIpc) is 3.21. The molecule has 4 rings (SSSR count). The Morgan fingerprint density at radius 2 is 1.06 bits per heavy atom. The molecule has 1 unspecified atom stereocenters. The van der Waals surface area contributed by atoms with Crippen LogP contribution in [0.4, 0.5) is 0 Å². The molecular weight excluding hydrogens is 558 g/mol. The molecule has 0 nitrogen and oxygen atoms in total. The van der Waals surface area contributed by atoms with Crippen molar-refractivity contribution in [2.75, 3.05) is 0 Å². The van der Waals surface area contributed by atoms with E-state index in [0.29, 0.717) is 11.3 Å². The summed E-state index contributed by atoms with van der Waals surface area (Å²) in [6.45, 7) is 27.2. The van der Waals surface area contributed by atoms with Crippen LogP contribution in [0.5, 0.6) is 0 Å². The third kappa shape index (κ3) is 7.88. The van der Waals surface area contributed by atoms with Gasteiger partial charge >= 0.3 is 26.2 Å². The molecule has 0 saturated carbocycles. The van der Waals surface area contributed by atoms with E-state index in [1.165, 1.54) is 49.4 Å². The number of halogens is 2. The minimum atomic E-state index is 0. The molecule has 1 aliphatic rings. The van der Waals surface area contributed by atoms with Crippen molar-refractivity contribution >= 4 is 21.5 Å². The van der Waals surface area contributed by atoms with Crippen molar-refractivity contribution in [3.63, 3.8) is 0 Å². The van der Waals surface area contributed by atoms with Crippen molar-refractivity contribution in [2.24, 2.45) is 11.3 Å². The van der Waals surface area contributed by atoms with Gasteiger partial charge in [-0.1, -0.05) is 115 Å². The molecule has 0 spiro atoms. The molecule has 0 bridgehead atoms. The van der Waals surface area contributed by atoms with Gasteiger partial charge in [0.2, 0.25) is 0 Å². The van der Waals surface area contributed by atoms with E-state index >= 15 is 0 Å². The Morgan fingerprint density at radius 1 is 0.667 bits per heavy atom. The summed E-state index contributed by atoms with van der Waals surface area (Å²) in [6, 6.07) is 11.9. The third-order valence-corrected chi connectivity index (χ3v) is 6.81. The summed E-state index contributed by atoms with van der Waals surface area (Å²) >= 11 is 0. The maximum Gasteiger partial charge on any atom is 4.00 e. The summed E-state index contributed by atoms with van der Waals surface area (Å²) in [4.78, 5) is 0. The van der Waals surface area contributed by atoms with Crippen LogP contribution in [-0.4, -0.2) is 0 Å². The van der Waals surface area contributed by atoms with Gasteiger partial charge in [0, 0.05) is 0 Å². The molecule has 0 saturated heterocycles. The molecule has 0 radical (unpaired) electrons. The molecule has 1 atom stereocenters. The minimum absolute atomic E-state index is 0. The van der Waals surface area contributed by atoms with Gasteiger partial charge in [0.15, 0.2) is 0 Å². The van der Waals surface area contributed by atoms with E-state index in [2.05, 4.69) is 132 Å². The van der Waals surface area contributed by atoms with Gasteiger partial charge in [0.25, 0.3) is 0 Å². The first-order valence-electron chi connectivity index (χ1n) is 12.5. The number of hydrogen-bond acceptors (Lipinski definition) is 0. The topological polar surface area (TPSA) is 0 Å². The molecule has 0 aromatic heterocycles. The molecule has 0 heterocycles. The molecule has 3 aromatic rings. The molecule has 0 fully saturated rings. The zero-order valence-corrected chi connectivity index (χ0v) is 28.3. The van der Waals surface area contributed by atoms with Gasteiger partial charge in [-0.25, -0.2) is 6.08 Å². The van der Waals surface area contributed by atoms with Crippen LogP contribution in [0.15, 0.2) is 48.1 Å². The first kappa shape index (κ1) is 35.3. The molecule has 3 heteroatoms. The second-order valence-corrected chi connectivity index (χ2v) is 13.1. The van der Waals surface area contributed by atoms with Gasteiger partial charge < -0.3 is 24.8 Å². The fraction of sp³-hybridized carbons (Fsp3) is 0.485. The molecule has 36 heavy (non-hydrogen) atoms. The van der Waals surface area contributed by atoms with Gasteiger partial charge in [-0.15, -0.1) is 39.7 Å². The van der Waals surface area contributed by atoms with Crippen LogP contribution in [-0.2, 0) is 37.0 Å². The summed E-state index contributed by atoms with van der Waals surface area (Å²) in [5, 5.41) is 5.55. The van der Waals surface area contributed by atoms with Crippen molar-refractivity contribution in [2.45, 2.75) is 93.9 Å². The van der Waals surface area contributed by atoms with Crippen LogP contribution in [0.25, 0.3) is 21.5 Å². The van der Waals surface area contributed by atoms with Crippen LogP contribution in [0, 0.1) is 31.3 Å². The molecular formula is C33H44Cl2Zr. The number of fused-ring (bicyclic) bond motifs is 3. The van der Waals surface area contributed by atoms with Crippen molar-refractivity contribution in [1.29, 1.82) is 0 Å². The predicted octanol–water partition coefficient (Wildman–Crippen LogP) is 3.90. The zero-order valence-electron chi connectivity index (χ0n) is 24.4. The molecule has 0 aliphatic heterocycles. The number of rotatable bonds is 0. The Labute approximate surface area is 252 Å². The number of aryl methyl sites for hydroxylation is 2. The maximum atomic E-state index is 3.26. The summed E-state index contributed by atoms with van der Waals surface area (Å²) < 4.78 is 0. The van der Waals surface area contributed by atoms with Crippen LogP contribution in [0.3, 0.4) is 0 Å². The van der Waals surface area contributed by atoms with E-state index in [4.69, 9.17) is 0 Å². The number of benzene rings is 2. The molecule has 194 valence electrons. The Kier molecular flexibility index (Phi) is 12.1. The molecule has 1 aliphatic carbocycles. The zero-order chi connectivity index (χ0) is 24.9. The van der Waals surface area contributed by atoms with Crippen molar-refractivity contribution in [3.05, 3.63) is 76.4 Å². The number of hydrogen-bond donors (Lipinski definition) is 0. The summed E-state index contributed by atoms with van der Waals surface area (Å²) in [5.74, 6) is 0.522. The van der Waals surface area contributed by atoms with E-state index in [1.807, 2.05) is 0 Å². The molecule has 3 aromatic carbocycles. The summed E-state index contributed by atoms with van der Waals surface area (Å²) in [7, 11) is 0. The second kappa shape index (κ2) is 12.4. The number of allylic oxidation sites excluding steroid dienone is 4. The molecule has 0 N–H and O–H groups in total. The standard InChI is InChI=1S/C23H29.C10H15.2ClH.Zr/c1-14-9-16-11-17-10-15(2)21(23(6,7)8)13-19(17)18(16)12-20(14)22(3,4)5;1-8-5-6-9(7-8)10(2,3)4;;;/h9-13H,1-8H3;6-8H,1-4H3;2*1H;/q2*-1;;;+4/p-2. The first-order valence-corrected chi connectivity index (χ1v) is 12.5. The maximum absolute atomic E-state index is 3.26. The van der Waals surface area contributed by atoms with E-state index in [1.54, 1.807) is 0 Å². The van der Waals surface area contributed by atoms with Crippen LogP contribution in [0.2, 0.25) is 0 Å². The fourth-order valence-electron chi connectivity index (χ4n) is 5.00. The van der Waals surface area contributed by atoms with E-state index in [9.17, 15) is 0 Å². The molecule has 0 amide bonds. The Morgan fingerprint density at radius 3 is 1.31 bits per heavy atom. The van der Waals surface area contributed by atoms with Gasteiger partial charge in [-0.2, -0.15) is 11.6 Å². The van der Waals surface area contributed by atoms with Crippen molar-refractivity contribution < 1.29 is 51.0 Å². The third-order valence-electron chi connectivity index (χ3n) is 6.81. The predicted molar refractivity (Wildman–Crippen MR) is 148 cm³/mol. The quantitative estimate of drug-likeness (QED) is 0.343. The Bertz CT molecular complexity index is 1160. The van der Waals surface area contributed by atoms with Gasteiger partial charge in [0.05, 0.1) is 0 Å². The largest absolute Gasteiger partial charge is 4.00 e. The minimum Gasteiger partial charge on any atom is -1.00 e. The van der Waals surface area contributed by atoms with Gasteiger partial charge in [-0.3, -0.25) is 6.08 Å². The summed E-state index contributed by atoms with van der Waals surface area (Å²) in [6.07, 6.45) is 7.65. The normalized spacial score (nSPS) is 15.4. The smallest absolute Gasteiger partial charge is 1.00 e. The first-order chi connectivity index (χ1) is 15.0. The van der Waals surface area contributed by atoms with E-state index < -0.39 is 0 Å². The van der Waals surface area contributed by atoms with Crippen LogP contribution in [0.1, 0.15) is 91.5 Å². The van der Waals surface area contributed by atoms with Crippen LogP contribution >= 0.6 is 0 Å². The van der Waals surface area contributed by atoms with E-state index in [-0.39, 0.29) is 61.8 Å². The summed E-state index contributed by atoms with van der Waals surface area (Å²) in [5.41, 5.74) is 7.78. The van der Waals surface area contributed by atoms with Gasteiger partial charge in [-0.05, 0) is 24.7 Å². The van der Waals surface area contributed by atoms with Gasteiger partial charge in [0.1, 0.15) is 0 Å². The van der Waals surface area contributed by atoms with E-state index in [0.717, 1.165) is 0 Å². The fourth-order valence-corrected chi connectivity index (χ4v) is 5.00. The average molecular weight is 603 g/mol.